The predicted molar refractivity (Wildman–Crippen MR) is 118 cm³/mol. The highest BCUT2D eigenvalue weighted by Crippen LogP contribution is 2.33. The summed E-state index contributed by atoms with van der Waals surface area (Å²) >= 11 is 0. The molecule has 4 rings (SSSR count). The Labute approximate surface area is 187 Å². The molecular weight excluding hydrogens is 435 g/mol. The van der Waals surface area contributed by atoms with Gasteiger partial charge in [0.1, 0.15) is 11.5 Å². The summed E-state index contributed by atoms with van der Waals surface area (Å²) in [6, 6.07) is 7.22. The van der Waals surface area contributed by atoms with E-state index < -0.39 is 30.3 Å². The number of methoxy groups -OCH3 is 1. The van der Waals surface area contributed by atoms with Gasteiger partial charge in [-0.15, -0.1) is 0 Å². The number of hydrogen-bond acceptors (Lipinski definition) is 5. The number of carbonyl (C=O) groups excluding carboxylic acids is 1. The van der Waals surface area contributed by atoms with Crippen molar-refractivity contribution in [1.82, 2.24) is 19.1 Å². The van der Waals surface area contributed by atoms with Crippen LogP contribution in [0, 0.1) is 5.82 Å². The number of imidazole rings is 1. The number of nitrogens with two attached hydrogens (primary N) is 1. The molecule has 1 unspecified atom stereocenters. The fourth-order valence-corrected chi connectivity index (χ4v) is 3.72. The zero-order valence-corrected chi connectivity index (χ0v) is 18.3. The van der Waals surface area contributed by atoms with E-state index in [1.165, 1.54) is 10.6 Å². The van der Waals surface area contributed by atoms with Crippen LogP contribution in [0.1, 0.15) is 29.0 Å². The Morgan fingerprint density at radius 1 is 1.30 bits per heavy atom. The Morgan fingerprint density at radius 2 is 2.03 bits per heavy atom. The van der Waals surface area contributed by atoms with Crippen LogP contribution in [0.25, 0.3) is 33.6 Å². The Kier molecular flexibility index (Phi) is 5.49. The minimum atomic E-state index is -3.22. The summed E-state index contributed by atoms with van der Waals surface area (Å²) in [5, 5.41) is 0.614. The van der Waals surface area contributed by atoms with Gasteiger partial charge in [0.25, 0.3) is 5.92 Å². The largest absolute Gasteiger partial charge is 0.465 e. The number of fused-ring (bicyclic) bond motifs is 2. The molecule has 0 aliphatic carbocycles. The van der Waals surface area contributed by atoms with Crippen molar-refractivity contribution in [2.45, 2.75) is 25.4 Å². The molecule has 3 aromatic heterocycles. The molecule has 0 saturated carbocycles. The van der Waals surface area contributed by atoms with E-state index in [1.54, 1.807) is 36.7 Å². The third-order valence-corrected chi connectivity index (χ3v) is 5.50. The Balaban J connectivity index is 1.99. The number of carbonyl (C=O) groups is 1. The van der Waals surface area contributed by atoms with Gasteiger partial charge < -0.3 is 19.6 Å². The van der Waals surface area contributed by atoms with Crippen molar-refractivity contribution in [3.05, 3.63) is 60.1 Å². The number of benzene rings is 1. The molecule has 4 aromatic rings. The second-order valence-electron chi connectivity index (χ2n) is 7.83. The average molecular weight is 457 g/mol. The number of allylic oxidation sites excluding steroid dienone is 1. The second-order valence-corrected chi connectivity index (χ2v) is 7.83. The molecule has 0 bridgehead atoms. The van der Waals surface area contributed by atoms with Gasteiger partial charge in [-0.1, -0.05) is 6.58 Å². The summed E-state index contributed by atoms with van der Waals surface area (Å²) in [6.07, 6.45) is 0.574. The van der Waals surface area contributed by atoms with Gasteiger partial charge in [0.2, 0.25) is 0 Å². The first kappa shape index (κ1) is 22.5. The van der Waals surface area contributed by atoms with Crippen molar-refractivity contribution in [2.24, 2.45) is 12.8 Å². The second kappa shape index (κ2) is 8.04. The van der Waals surface area contributed by atoms with Crippen molar-refractivity contribution in [1.29, 1.82) is 0 Å². The molecule has 3 heterocycles. The van der Waals surface area contributed by atoms with E-state index in [0.29, 0.717) is 45.4 Å². The van der Waals surface area contributed by atoms with Crippen molar-refractivity contribution in [3.63, 3.8) is 0 Å². The number of ether oxygens (including phenoxy) is 1. The molecule has 33 heavy (non-hydrogen) atoms. The minimum Gasteiger partial charge on any atom is -0.465 e. The number of halogens is 3. The lowest BCUT2D eigenvalue weighted by atomic mass is 10.2. The maximum atomic E-state index is 14.5. The van der Waals surface area contributed by atoms with E-state index in [-0.39, 0.29) is 5.56 Å². The van der Waals surface area contributed by atoms with Gasteiger partial charge in [0, 0.05) is 24.5 Å². The van der Waals surface area contributed by atoms with Crippen molar-refractivity contribution in [2.75, 3.05) is 7.11 Å². The lowest BCUT2D eigenvalue weighted by molar-refractivity contribution is 0.0379. The van der Waals surface area contributed by atoms with Crippen LogP contribution in [0.2, 0.25) is 0 Å². The molecule has 0 saturated heterocycles. The van der Waals surface area contributed by atoms with E-state index in [4.69, 9.17) is 5.73 Å². The van der Waals surface area contributed by atoms with Crippen LogP contribution in [-0.4, -0.2) is 38.1 Å². The smallest absolute Gasteiger partial charge is 0.340 e. The molecule has 0 spiro atoms. The van der Waals surface area contributed by atoms with Crippen LogP contribution in [0.4, 0.5) is 13.2 Å². The number of nitrogens with zero attached hydrogens (tertiary/aromatic N) is 4. The molecule has 2 N–H and O–H groups in total. The van der Waals surface area contributed by atoms with E-state index in [9.17, 15) is 18.0 Å². The molecule has 0 radical (unpaired) electrons. The number of pyridine rings is 1. The molecule has 0 aliphatic heterocycles. The minimum absolute atomic E-state index is 0.267. The molecule has 0 fully saturated rings. The van der Waals surface area contributed by atoms with Gasteiger partial charge in [-0.2, -0.15) is 0 Å². The maximum Gasteiger partial charge on any atom is 0.340 e. The first-order valence-electron chi connectivity index (χ1n) is 10.1. The average Bonchev–Trinajstić information content (AvgIpc) is 3.29. The third-order valence-electron chi connectivity index (χ3n) is 5.50. The van der Waals surface area contributed by atoms with Crippen molar-refractivity contribution >= 4 is 28.0 Å². The molecule has 0 aliphatic rings. The lowest BCUT2D eigenvalue weighted by Gasteiger charge is -2.16. The molecule has 7 nitrogen and oxygen atoms in total. The van der Waals surface area contributed by atoms with Crippen LogP contribution in [-0.2, 0) is 18.3 Å². The third kappa shape index (κ3) is 3.86. The summed E-state index contributed by atoms with van der Waals surface area (Å²) in [4.78, 5) is 20.9. The van der Waals surface area contributed by atoms with Crippen LogP contribution in [0.5, 0.6) is 0 Å². The monoisotopic (exact) mass is 457 g/mol. The Morgan fingerprint density at radius 3 is 2.67 bits per heavy atom. The summed E-state index contributed by atoms with van der Waals surface area (Å²) in [7, 11) is 2.79. The van der Waals surface area contributed by atoms with E-state index >= 15 is 0 Å². The number of aromatic nitrogens is 4. The standard InChI is InChI=1S/C23H22F3N5O2/c1-5-23(25,26)11-31-19(8-13-6-7-16(12(2)27)28-20(13)31)21-29-17-9-14(22(32)33-4)15(24)10-18(17)30(21)3/h5-10,12H,1,11,27H2,2-4H3. The number of aryl methyl sites for hydroxylation is 1. The van der Waals surface area contributed by atoms with E-state index in [2.05, 4.69) is 21.3 Å². The maximum absolute atomic E-state index is 14.5. The first-order chi connectivity index (χ1) is 15.6. The molecule has 0 amide bonds. The summed E-state index contributed by atoms with van der Waals surface area (Å²) in [5.74, 6) is -4.53. The highest BCUT2D eigenvalue weighted by molar-refractivity contribution is 5.95. The molecule has 1 atom stereocenters. The van der Waals surface area contributed by atoms with Crippen LogP contribution in [0.15, 0.2) is 43.0 Å². The van der Waals surface area contributed by atoms with E-state index in [1.807, 2.05) is 0 Å². The molecule has 172 valence electrons. The van der Waals surface area contributed by atoms with Crippen LogP contribution < -0.4 is 5.73 Å². The van der Waals surface area contributed by atoms with E-state index in [0.717, 1.165) is 13.2 Å². The SMILES string of the molecule is C=CC(F)(F)Cn1c(-c2nc3cc(C(=O)OC)c(F)cc3n2C)cc2ccc(C(C)N)nc21. The van der Waals surface area contributed by atoms with Crippen molar-refractivity contribution < 1.29 is 22.7 Å². The van der Waals surface area contributed by atoms with Gasteiger partial charge in [-0.25, -0.2) is 27.9 Å². The zero-order valence-electron chi connectivity index (χ0n) is 18.3. The van der Waals surface area contributed by atoms with Gasteiger partial charge in [0.05, 0.1) is 41.6 Å². The number of rotatable bonds is 6. The van der Waals surface area contributed by atoms with Gasteiger partial charge in [0.15, 0.2) is 5.82 Å². The van der Waals surface area contributed by atoms with Crippen LogP contribution in [0.3, 0.4) is 0 Å². The fraction of sp³-hybridized carbons (Fsp3) is 0.261. The Hall–Kier alpha value is -3.66. The highest BCUT2D eigenvalue weighted by Gasteiger charge is 2.29. The topological polar surface area (TPSA) is 88.0 Å². The number of alkyl halides is 2. The predicted octanol–water partition coefficient (Wildman–Crippen LogP) is 4.36. The normalized spacial score (nSPS) is 12.9. The Bertz CT molecular complexity index is 1400. The zero-order chi connectivity index (χ0) is 24.1. The quantitative estimate of drug-likeness (QED) is 0.343. The molecule has 10 heteroatoms. The number of esters is 1. The number of hydrogen-bond donors (Lipinski definition) is 1. The van der Waals surface area contributed by atoms with Gasteiger partial charge in [-0.3, -0.25) is 0 Å². The lowest BCUT2D eigenvalue weighted by Crippen LogP contribution is -2.22. The highest BCUT2D eigenvalue weighted by atomic mass is 19.3. The van der Waals surface area contributed by atoms with Gasteiger partial charge in [-0.05, 0) is 37.3 Å². The van der Waals surface area contributed by atoms with Crippen LogP contribution >= 0.6 is 0 Å². The summed E-state index contributed by atoms with van der Waals surface area (Å²) < 4.78 is 50.9. The van der Waals surface area contributed by atoms with Gasteiger partial charge >= 0.3 is 5.97 Å². The first-order valence-corrected chi connectivity index (χ1v) is 10.1. The summed E-state index contributed by atoms with van der Waals surface area (Å²) in [6.45, 7) is 4.25. The van der Waals surface area contributed by atoms with Crippen molar-refractivity contribution in [3.8, 4) is 11.5 Å². The molecular formula is C23H22F3N5O2. The fourth-order valence-electron chi connectivity index (χ4n) is 3.72. The molecule has 1 aromatic carbocycles. The summed E-state index contributed by atoms with van der Waals surface area (Å²) in [5.41, 5.74) is 7.57.